The fraction of sp³-hybridized carbons (Fsp3) is 0.200. The molecule has 0 radical (unpaired) electrons. The topological polar surface area (TPSA) is 41.5 Å². The number of allylic oxidation sites excluding steroid dienone is 5. The normalized spacial score (nSPS) is 12.3. The van der Waals surface area contributed by atoms with Gasteiger partial charge in [0.15, 0.2) is 5.78 Å². The molecule has 0 atom stereocenters. The number of rotatable bonds is 7. The van der Waals surface area contributed by atoms with Gasteiger partial charge in [0.05, 0.1) is 0 Å². The molecular formula is C20H24N2O. The lowest BCUT2D eigenvalue weighted by atomic mass is 10.1. The van der Waals surface area contributed by atoms with Gasteiger partial charge < -0.3 is 5.32 Å². The molecule has 1 N–H and O–H groups in total. The summed E-state index contributed by atoms with van der Waals surface area (Å²) in [5.41, 5.74) is 4.29. The van der Waals surface area contributed by atoms with Crippen LogP contribution in [0.4, 0.5) is 5.69 Å². The van der Waals surface area contributed by atoms with E-state index in [0.29, 0.717) is 11.4 Å². The number of hydrogen-bond donors (Lipinski definition) is 1. The van der Waals surface area contributed by atoms with Gasteiger partial charge in [-0.2, -0.15) is 0 Å². The van der Waals surface area contributed by atoms with E-state index >= 15 is 0 Å². The minimum Gasteiger partial charge on any atom is -0.341 e. The van der Waals surface area contributed by atoms with E-state index in [-0.39, 0.29) is 5.78 Å². The Morgan fingerprint density at radius 3 is 2.43 bits per heavy atom. The van der Waals surface area contributed by atoms with Crippen LogP contribution in [0.25, 0.3) is 0 Å². The largest absolute Gasteiger partial charge is 0.341 e. The van der Waals surface area contributed by atoms with Crippen LogP contribution in [0.1, 0.15) is 38.1 Å². The van der Waals surface area contributed by atoms with Crippen LogP contribution in [0.2, 0.25) is 0 Å². The van der Waals surface area contributed by atoms with E-state index in [1.165, 1.54) is 0 Å². The van der Waals surface area contributed by atoms with Crippen molar-refractivity contribution in [1.82, 2.24) is 0 Å². The lowest BCUT2D eigenvalue weighted by Gasteiger charge is -2.08. The minimum absolute atomic E-state index is 0.0279. The fourth-order valence-corrected chi connectivity index (χ4v) is 1.94. The van der Waals surface area contributed by atoms with Gasteiger partial charge in [-0.25, -0.2) is 4.99 Å². The number of nitrogens with one attached hydrogen (secondary N) is 1. The minimum atomic E-state index is 0.0279. The molecule has 0 aliphatic heterocycles. The van der Waals surface area contributed by atoms with Gasteiger partial charge in [-0.15, -0.1) is 0 Å². The molecule has 0 aliphatic rings. The Hall–Kier alpha value is -2.68. The maximum absolute atomic E-state index is 11.4. The van der Waals surface area contributed by atoms with Crippen molar-refractivity contribution in [3.63, 3.8) is 0 Å². The number of carbonyl (C=O) groups is 1. The Morgan fingerprint density at radius 2 is 1.87 bits per heavy atom. The lowest BCUT2D eigenvalue weighted by Crippen LogP contribution is -2.02. The quantitative estimate of drug-likeness (QED) is 0.421. The van der Waals surface area contributed by atoms with E-state index in [0.717, 1.165) is 22.5 Å². The zero-order valence-electron chi connectivity index (χ0n) is 14.3. The number of carbonyl (C=O) groups excluding carboxylic acids is 1. The first-order chi connectivity index (χ1) is 10.8. The summed E-state index contributed by atoms with van der Waals surface area (Å²) < 4.78 is 0. The molecule has 1 aromatic carbocycles. The first-order valence-electron chi connectivity index (χ1n) is 7.46. The van der Waals surface area contributed by atoms with Crippen LogP contribution in [-0.2, 0) is 0 Å². The monoisotopic (exact) mass is 308 g/mol. The van der Waals surface area contributed by atoms with Crippen molar-refractivity contribution in [2.45, 2.75) is 27.7 Å². The standard InChI is InChI=1S/C20H24N2O/c1-7-18(12-11-14(2)3)15(4)21-17(6)22-20-10-8-9-19(13-20)16(5)23/h7-13,22H,2,6H2,1,3-5H3/b12-11-,18-7-,21-15-. The summed E-state index contributed by atoms with van der Waals surface area (Å²) in [6, 6.07) is 7.27. The van der Waals surface area contributed by atoms with Gasteiger partial charge in [-0.1, -0.05) is 49.1 Å². The van der Waals surface area contributed by atoms with Gasteiger partial charge in [0.25, 0.3) is 0 Å². The van der Waals surface area contributed by atoms with E-state index < -0.39 is 0 Å². The number of Topliss-reactive ketones (excluding diaryl/α,β-unsaturated/α-hetero) is 1. The number of aliphatic imine (C=N–C) groups is 1. The SMILES string of the molecule is C=C(C)\C=C/C(=C/C)C(/C)=N\C(=C)Nc1cccc(C(C)=O)c1. The van der Waals surface area contributed by atoms with Crippen molar-refractivity contribution < 1.29 is 4.79 Å². The molecule has 3 heteroatoms. The first kappa shape index (κ1) is 18.4. The Kier molecular flexibility index (Phi) is 6.94. The van der Waals surface area contributed by atoms with Crippen molar-refractivity contribution in [3.05, 3.63) is 78.2 Å². The zero-order valence-corrected chi connectivity index (χ0v) is 14.3. The maximum Gasteiger partial charge on any atom is 0.159 e. The van der Waals surface area contributed by atoms with Crippen LogP contribution in [0.3, 0.4) is 0 Å². The molecule has 1 rings (SSSR count). The van der Waals surface area contributed by atoms with Crippen LogP contribution in [0, 0.1) is 0 Å². The van der Waals surface area contributed by atoms with Gasteiger partial charge in [0, 0.05) is 17.0 Å². The van der Waals surface area contributed by atoms with Crippen LogP contribution >= 0.6 is 0 Å². The highest BCUT2D eigenvalue weighted by Crippen LogP contribution is 2.14. The molecule has 0 aromatic heterocycles. The third-order valence-corrected chi connectivity index (χ3v) is 3.14. The summed E-state index contributed by atoms with van der Waals surface area (Å²) in [4.78, 5) is 15.9. The molecule has 0 unspecified atom stereocenters. The number of nitrogens with zero attached hydrogens (tertiary/aromatic N) is 1. The number of benzene rings is 1. The molecule has 0 heterocycles. The van der Waals surface area contributed by atoms with Crippen LogP contribution in [0.15, 0.2) is 77.6 Å². The molecule has 23 heavy (non-hydrogen) atoms. The predicted molar refractivity (Wildman–Crippen MR) is 100 cm³/mol. The van der Waals surface area contributed by atoms with E-state index in [1.807, 2.05) is 51.1 Å². The van der Waals surface area contributed by atoms with E-state index in [1.54, 1.807) is 19.1 Å². The third kappa shape index (κ3) is 6.30. The molecule has 0 amide bonds. The van der Waals surface area contributed by atoms with Crippen LogP contribution in [0.5, 0.6) is 0 Å². The molecule has 0 aliphatic carbocycles. The number of hydrogen-bond acceptors (Lipinski definition) is 3. The van der Waals surface area contributed by atoms with Crippen LogP contribution in [-0.4, -0.2) is 11.5 Å². The molecule has 0 bridgehead atoms. The molecular weight excluding hydrogens is 284 g/mol. The first-order valence-corrected chi connectivity index (χ1v) is 7.46. The Balaban J connectivity index is 2.87. The van der Waals surface area contributed by atoms with Crippen LogP contribution < -0.4 is 5.32 Å². The fourth-order valence-electron chi connectivity index (χ4n) is 1.94. The Labute approximate surface area is 138 Å². The van der Waals surface area contributed by atoms with Gasteiger partial charge in [0.2, 0.25) is 0 Å². The highest BCUT2D eigenvalue weighted by Gasteiger charge is 2.02. The van der Waals surface area contributed by atoms with Crippen molar-refractivity contribution in [2.24, 2.45) is 4.99 Å². The summed E-state index contributed by atoms with van der Waals surface area (Å²) >= 11 is 0. The van der Waals surface area contributed by atoms with Gasteiger partial charge in [0.1, 0.15) is 5.82 Å². The summed E-state index contributed by atoms with van der Waals surface area (Å²) in [5, 5.41) is 3.11. The van der Waals surface area contributed by atoms with Gasteiger partial charge in [-0.3, -0.25) is 4.79 Å². The summed E-state index contributed by atoms with van der Waals surface area (Å²) in [6.07, 6.45) is 5.91. The summed E-state index contributed by atoms with van der Waals surface area (Å²) in [5.74, 6) is 0.548. The summed E-state index contributed by atoms with van der Waals surface area (Å²) in [7, 11) is 0. The van der Waals surface area contributed by atoms with Gasteiger partial charge in [-0.05, 0) is 45.4 Å². The Morgan fingerprint density at radius 1 is 1.17 bits per heavy atom. The zero-order chi connectivity index (χ0) is 17.4. The lowest BCUT2D eigenvalue weighted by molar-refractivity contribution is 0.101. The highest BCUT2D eigenvalue weighted by molar-refractivity contribution is 6.01. The maximum atomic E-state index is 11.4. The average molecular weight is 308 g/mol. The summed E-state index contributed by atoms with van der Waals surface area (Å²) in [6.45, 7) is 15.1. The smallest absolute Gasteiger partial charge is 0.159 e. The van der Waals surface area contributed by atoms with E-state index in [4.69, 9.17) is 0 Å². The van der Waals surface area contributed by atoms with Crippen molar-refractivity contribution in [1.29, 1.82) is 0 Å². The second-order valence-corrected chi connectivity index (χ2v) is 5.33. The molecule has 120 valence electrons. The number of ketones is 1. The second-order valence-electron chi connectivity index (χ2n) is 5.33. The molecule has 0 saturated heterocycles. The molecule has 0 fully saturated rings. The van der Waals surface area contributed by atoms with E-state index in [2.05, 4.69) is 23.5 Å². The average Bonchev–Trinajstić information content (AvgIpc) is 2.47. The second kappa shape index (κ2) is 8.69. The molecule has 3 nitrogen and oxygen atoms in total. The molecule has 1 aromatic rings. The molecule has 0 saturated carbocycles. The Bertz CT molecular complexity index is 706. The van der Waals surface area contributed by atoms with E-state index in [9.17, 15) is 4.79 Å². The third-order valence-electron chi connectivity index (χ3n) is 3.14. The highest BCUT2D eigenvalue weighted by atomic mass is 16.1. The van der Waals surface area contributed by atoms with Crippen molar-refractivity contribution in [2.75, 3.05) is 5.32 Å². The predicted octanol–water partition coefficient (Wildman–Crippen LogP) is 5.31. The van der Waals surface area contributed by atoms with Crippen molar-refractivity contribution in [3.8, 4) is 0 Å². The van der Waals surface area contributed by atoms with Crippen molar-refractivity contribution >= 4 is 17.2 Å². The van der Waals surface area contributed by atoms with Gasteiger partial charge >= 0.3 is 0 Å². The molecule has 0 spiro atoms. The number of anilines is 1.